The maximum Gasteiger partial charge on any atom is 0.306 e. The van der Waals surface area contributed by atoms with Crippen LogP contribution in [0.15, 0.2) is 12.1 Å². The van der Waals surface area contributed by atoms with E-state index in [-0.39, 0.29) is 12.1 Å². The van der Waals surface area contributed by atoms with E-state index in [1.54, 1.807) is 0 Å². The van der Waals surface area contributed by atoms with Crippen LogP contribution in [0.3, 0.4) is 0 Å². The topological polar surface area (TPSA) is 38.3 Å². The highest BCUT2D eigenvalue weighted by Gasteiger charge is 2.11. The van der Waals surface area contributed by atoms with Gasteiger partial charge in [0.05, 0.1) is 6.10 Å². The Labute approximate surface area is 129 Å². The van der Waals surface area contributed by atoms with Crippen LogP contribution < -0.4 is 5.32 Å². The van der Waals surface area contributed by atoms with Gasteiger partial charge >= 0.3 is 5.97 Å². The van der Waals surface area contributed by atoms with Gasteiger partial charge in [-0.25, -0.2) is 0 Å². The van der Waals surface area contributed by atoms with E-state index >= 15 is 0 Å². The molecular weight excluding hydrogens is 262 g/mol. The summed E-state index contributed by atoms with van der Waals surface area (Å²) in [7, 11) is 0. The van der Waals surface area contributed by atoms with Gasteiger partial charge in [0.2, 0.25) is 0 Å². The van der Waals surface area contributed by atoms with Crippen molar-refractivity contribution in [3.05, 3.63) is 28.8 Å². The first-order valence-electron chi connectivity index (χ1n) is 7.86. The van der Waals surface area contributed by atoms with Crippen LogP contribution in [0.4, 0.5) is 5.69 Å². The zero-order valence-corrected chi connectivity index (χ0v) is 14.2. The number of nitrogens with one attached hydrogen (secondary N) is 1. The van der Waals surface area contributed by atoms with Crippen molar-refractivity contribution in [3.8, 4) is 0 Å². The summed E-state index contributed by atoms with van der Waals surface area (Å²) in [6, 6.07) is 4.72. The quantitative estimate of drug-likeness (QED) is 0.757. The number of hydrogen-bond acceptors (Lipinski definition) is 3. The molecule has 0 aliphatic rings. The van der Waals surface area contributed by atoms with Gasteiger partial charge in [0.1, 0.15) is 0 Å². The van der Waals surface area contributed by atoms with Crippen LogP contribution in [0.2, 0.25) is 0 Å². The second kappa shape index (κ2) is 8.06. The fourth-order valence-corrected chi connectivity index (χ4v) is 2.31. The van der Waals surface area contributed by atoms with Gasteiger partial charge in [-0.15, -0.1) is 0 Å². The second-order valence-electron chi connectivity index (χ2n) is 6.23. The summed E-state index contributed by atoms with van der Waals surface area (Å²) in [6.45, 7) is 12.3. The lowest BCUT2D eigenvalue weighted by Crippen LogP contribution is -2.14. The highest BCUT2D eigenvalue weighted by molar-refractivity contribution is 5.69. The molecule has 1 aromatic carbocycles. The average molecular weight is 291 g/mol. The molecule has 3 nitrogen and oxygen atoms in total. The zero-order chi connectivity index (χ0) is 16.0. The molecule has 0 radical (unpaired) electrons. The SMILES string of the molecule is Cc1ccc(CCCC(=O)OC(C)C)c(NC(C)C)c1C. The predicted molar refractivity (Wildman–Crippen MR) is 88.8 cm³/mol. The first-order valence-corrected chi connectivity index (χ1v) is 7.86. The van der Waals surface area contributed by atoms with Gasteiger partial charge < -0.3 is 10.1 Å². The van der Waals surface area contributed by atoms with Gasteiger partial charge in [0.15, 0.2) is 0 Å². The van der Waals surface area contributed by atoms with Crippen LogP contribution in [0, 0.1) is 13.8 Å². The number of hydrogen-bond donors (Lipinski definition) is 1. The van der Waals surface area contributed by atoms with Gasteiger partial charge in [0, 0.05) is 18.2 Å². The summed E-state index contributed by atoms with van der Waals surface area (Å²) < 4.78 is 5.17. The standard InChI is InChI=1S/C18H29NO2/c1-12(2)19-18-15(6)14(5)10-11-16(18)8-7-9-17(20)21-13(3)4/h10-13,19H,7-9H2,1-6H3. The second-order valence-corrected chi connectivity index (χ2v) is 6.23. The van der Waals surface area contributed by atoms with Crippen LogP contribution in [0.5, 0.6) is 0 Å². The molecule has 0 saturated heterocycles. The molecule has 118 valence electrons. The molecule has 0 bridgehead atoms. The number of anilines is 1. The third-order valence-electron chi connectivity index (χ3n) is 3.45. The molecule has 1 aromatic rings. The number of esters is 1. The van der Waals surface area contributed by atoms with Gasteiger partial charge in [-0.1, -0.05) is 12.1 Å². The number of carbonyl (C=O) groups excluding carboxylic acids is 1. The summed E-state index contributed by atoms with van der Waals surface area (Å²) >= 11 is 0. The molecule has 1 N–H and O–H groups in total. The minimum absolute atomic E-state index is 0.0303. The fourth-order valence-electron chi connectivity index (χ4n) is 2.31. The minimum atomic E-state index is -0.104. The Kier molecular flexibility index (Phi) is 6.73. The number of rotatable bonds is 7. The van der Waals surface area contributed by atoms with Crippen molar-refractivity contribution < 1.29 is 9.53 Å². The molecule has 1 rings (SSSR count). The molecule has 21 heavy (non-hydrogen) atoms. The summed E-state index contributed by atoms with van der Waals surface area (Å²) in [6.07, 6.45) is 2.16. The van der Waals surface area contributed by atoms with Crippen LogP contribution in [0.1, 0.15) is 57.2 Å². The smallest absolute Gasteiger partial charge is 0.306 e. The van der Waals surface area contributed by atoms with Gasteiger partial charge in [-0.3, -0.25) is 4.79 Å². The Morgan fingerprint density at radius 1 is 1.19 bits per heavy atom. The van der Waals surface area contributed by atoms with E-state index in [2.05, 4.69) is 45.1 Å². The molecular formula is C18H29NO2. The van der Waals surface area contributed by atoms with Crippen molar-refractivity contribution in [3.63, 3.8) is 0 Å². The predicted octanol–water partition coefficient (Wildman–Crippen LogP) is 4.40. The first-order chi connectivity index (χ1) is 9.81. The molecule has 0 heterocycles. The highest BCUT2D eigenvalue weighted by Crippen LogP contribution is 2.26. The van der Waals surface area contributed by atoms with Gasteiger partial charge in [-0.05, 0) is 71.1 Å². The zero-order valence-electron chi connectivity index (χ0n) is 14.2. The minimum Gasteiger partial charge on any atom is -0.463 e. The van der Waals surface area contributed by atoms with E-state index in [1.165, 1.54) is 22.4 Å². The molecule has 0 aromatic heterocycles. The summed E-state index contributed by atoms with van der Waals surface area (Å²) in [4.78, 5) is 11.6. The van der Waals surface area contributed by atoms with Gasteiger partial charge in [0.25, 0.3) is 0 Å². The summed E-state index contributed by atoms with van der Waals surface area (Å²) in [5.41, 5.74) is 5.10. The van der Waals surface area contributed by atoms with E-state index in [1.807, 2.05) is 13.8 Å². The lowest BCUT2D eigenvalue weighted by atomic mass is 9.98. The molecule has 0 aliphatic carbocycles. The number of carbonyl (C=O) groups is 1. The van der Waals surface area contributed by atoms with Crippen molar-refractivity contribution in [1.29, 1.82) is 0 Å². The Morgan fingerprint density at radius 2 is 1.86 bits per heavy atom. The fraction of sp³-hybridized carbons (Fsp3) is 0.611. The number of ether oxygens (including phenoxy) is 1. The molecule has 0 amide bonds. The molecule has 0 atom stereocenters. The monoisotopic (exact) mass is 291 g/mol. The number of benzene rings is 1. The first kappa shape index (κ1) is 17.5. The van der Waals surface area contributed by atoms with Crippen molar-refractivity contribution >= 4 is 11.7 Å². The van der Waals surface area contributed by atoms with Crippen molar-refractivity contribution in [2.45, 2.75) is 73.0 Å². The molecule has 0 aliphatic heterocycles. The third-order valence-corrected chi connectivity index (χ3v) is 3.45. The molecule has 0 fully saturated rings. The van der Waals surface area contributed by atoms with Crippen molar-refractivity contribution in [2.75, 3.05) is 5.32 Å². The summed E-state index contributed by atoms with van der Waals surface area (Å²) in [5, 5.41) is 3.54. The lowest BCUT2D eigenvalue weighted by molar-refractivity contribution is -0.147. The van der Waals surface area contributed by atoms with Crippen molar-refractivity contribution in [2.24, 2.45) is 0 Å². The molecule has 0 saturated carbocycles. The Bertz CT molecular complexity index is 478. The molecule has 0 unspecified atom stereocenters. The van der Waals surface area contributed by atoms with Crippen LogP contribution >= 0.6 is 0 Å². The Balaban J connectivity index is 2.70. The highest BCUT2D eigenvalue weighted by atomic mass is 16.5. The lowest BCUT2D eigenvalue weighted by Gasteiger charge is -2.19. The molecule has 3 heteroatoms. The largest absolute Gasteiger partial charge is 0.463 e. The van der Waals surface area contributed by atoms with E-state index in [4.69, 9.17) is 4.74 Å². The van der Waals surface area contributed by atoms with Crippen LogP contribution in [-0.4, -0.2) is 18.1 Å². The molecule has 0 spiro atoms. The van der Waals surface area contributed by atoms with E-state index in [0.717, 1.165) is 12.8 Å². The van der Waals surface area contributed by atoms with Gasteiger partial charge in [-0.2, -0.15) is 0 Å². The number of aryl methyl sites for hydroxylation is 2. The average Bonchev–Trinajstić information content (AvgIpc) is 2.36. The maximum absolute atomic E-state index is 11.6. The van der Waals surface area contributed by atoms with Crippen molar-refractivity contribution in [1.82, 2.24) is 0 Å². The summed E-state index contributed by atoms with van der Waals surface area (Å²) in [5.74, 6) is -0.104. The third kappa shape index (κ3) is 5.78. The van der Waals surface area contributed by atoms with E-state index in [0.29, 0.717) is 12.5 Å². The van der Waals surface area contributed by atoms with E-state index in [9.17, 15) is 4.79 Å². The van der Waals surface area contributed by atoms with Crippen LogP contribution in [-0.2, 0) is 16.0 Å². The Morgan fingerprint density at radius 3 is 2.43 bits per heavy atom. The Hall–Kier alpha value is -1.51. The van der Waals surface area contributed by atoms with Crippen LogP contribution in [0.25, 0.3) is 0 Å². The van der Waals surface area contributed by atoms with E-state index < -0.39 is 0 Å². The maximum atomic E-state index is 11.6. The normalized spacial score (nSPS) is 11.0.